The van der Waals surface area contributed by atoms with Crippen LogP contribution in [-0.2, 0) is 9.59 Å². The van der Waals surface area contributed by atoms with Crippen molar-refractivity contribution in [3.8, 4) is 0 Å². The van der Waals surface area contributed by atoms with Gasteiger partial charge < -0.3 is 14.7 Å². The Balaban J connectivity index is 1.40. The maximum atomic E-state index is 13.2. The molecular weight excluding hydrogens is 374 g/mol. The van der Waals surface area contributed by atoms with Crippen LogP contribution in [0.4, 0.5) is 11.4 Å². The van der Waals surface area contributed by atoms with Crippen molar-refractivity contribution >= 4 is 23.2 Å². The molecule has 5 heteroatoms. The Kier molecular flexibility index (Phi) is 5.54. The Morgan fingerprint density at radius 2 is 1.63 bits per heavy atom. The normalized spacial score (nSPS) is 19.5. The molecule has 2 saturated heterocycles. The van der Waals surface area contributed by atoms with Gasteiger partial charge in [-0.25, -0.2) is 0 Å². The van der Waals surface area contributed by atoms with E-state index in [9.17, 15) is 9.59 Å². The van der Waals surface area contributed by atoms with Gasteiger partial charge in [0.2, 0.25) is 11.8 Å². The van der Waals surface area contributed by atoms with Crippen molar-refractivity contribution in [3.63, 3.8) is 0 Å². The van der Waals surface area contributed by atoms with Gasteiger partial charge in [-0.1, -0.05) is 29.8 Å². The van der Waals surface area contributed by atoms with E-state index in [-0.39, 0.29) is 17.7 Å². The maximum absolute atomic E-state index is 13.2. The van der Waals surface area contributed by atoms with Crippen LogP contribution in [0.3, 0.4) is 0 Å². The smallest absolute Gasteiger partial charge is 0.228 e. The van der Waals surface area contributed by atoms with Crippen LogP contribution in [0.15, 0.2) is 36.4 Å². The molecule has 0 N–H and O–H groups in total. The average Bonchev–Trinajstić information content (AvgIpc) is 3.11. The van der Waals surface area contributed by atoms with Crippen molar-refractivity contribution in [2.45, 2.75) is 34.1 Å². The number of nitrogens with zero attached hydrogens (tertiary/aromatic N) is 3. The summed E-state index contributed by atoms with van der Waals surface area (Å²) in [7, 11) is 0. The standard InChI is InChI=1S/C25H31N3O2/c1-17-8-9-22(19(3)14-17)28-16-21(15-24(28)29)25(30)27-12-10-26(11-13-27)23-7-5-6-18(2)20(23)4/h5-9,14,21H,10-13,15-16H2,1-4H3. The third kappa shape index (κ3) is 3.81. The summed E-state index contributed by atoms with van der Waals surface area (Å²) in [6, 6.07) is 12.5. The molecule has 1 atom stereocenters. The third-order valence-electron chi connectivity index (χ3n) is 6.63. The molecule has 2 aromatic rings. The Labute approximate surface area is 179 Å². The van der Waals surface area contributed by atoms with Gasteiger partial charge in [0.1, 0.15) is 0 Å². The van der Waals surface area contributed by atoms with E-state index in [2.05, 4.69) is 43.0 Å². The molecular formula is C25H31N3O2. The highest BCUT2D eigenvalue weighted by Gasteiger charge is 2.38. The highest BCUT2D eigenvalue weighted by molar-refractivity contribution is 6.00. The van der Waals surface area contributed by atoms with Crippen LogP contribution < -0.4 is 9.80 Å². The van der Waals surface area contributed by atoms with E-state index in [0.29, 0.717) is 26.1 Å². The first kappa shape index (κ1) is 20.5. The Hall–Kier alpha value is -2.82. The molecule has 5 nitrogen and oxygen atoms in total. The second-order valence-electron chi connectivity index (χ2n) is 8.73. The summed E-state index contributed by atoms with van der Waals surface area (Å²) in [5, 5.41) is 0. The number of aryl methyl sites for hydroxylation is 3. The van der Waals surface area contributed by atoms with Gasteiger partial charge >= 0.3 is 0 Å². The molecule has 1 unspecified atom stereocenters. The van der Waals surface area contributed by atoms with Crippen molar-refractivity contribution in [1.82, 2.24) is 4.90 Å². The van der Waals surface area contributed by atoms with Gasteiger partial charge in [0, 0.05) is 50.5 Å². The van der Waals surface area contributed by atoms with Gasteiger partial charge in [0.25, 0.3) is 0 Å². The van der Waals surface area contributed by atoms with Gasteiger partial charge in [-0.3, -0.25) is 9.59 Å². The highest BCUT2D eigenvalue weighted by Crippen LogP contribution is 2.30. The molecule has 0 aromatic heterocycles. The van der Waals surface area contributed by atoms with Gasteiger partial charge in [0.15, 0.2) is 0 Å². The first-order chi connectivity index (χ1) is 14.3. The van der Waals surface area contributed by atoms with Crippen LogP contribution in [0.2, 0.25) is 0 Å². The second-order valence-corrected chi connectivity index (χ2v) is 8.73. The number of carbonyl (C=O) groups is 2. The predicted octanol–water partition coefficient (Wildman–Crippen LogP) is 3.62. The van der Waals surface area contributed by atoms with Crippen LogP contribution in [-0.4, -0.2) is 49.4 Å². The van der Waals surface area contributed by atoms with Crippen molar-refractivity contribution in [3.05, 3.63) is 58.7 Å². The molecule has 0 bridgehead atoms. The van der Waals surface area contributed by atoms with E-state index >= 15 is 0 Å². The van der Waals surface area contributed by atoms with E-state index in [1.54, 1.807) is 4.90 Å². The predicted molar refractivity (Wildman–Crippen MR) is 121 cm³/mol. The number of piperazine rings is 1. The molecule has 0 radical (unpaired) electrons. The van der Waals surface area contributed by atoms with Gasteiger partial charge in [-0.2, -0.15) is 0 Å². The van der Waals surface area contributed by atoms with Crippen molar-refractivity contribution in [2.75, 3.05) is 42.5 Å². The fourth-order valence-electron chi connectivity index (χ4n) is 4.72. The summed E-state index contributed by atoms with van der Waals surface area (Å²) in [5.74, 6) is -0.0731. The van der Waals surface area contributed by atoms with Crippen molar-refractivity contribution in [2.24, 2.45) is 5.92 Å². The number of rotatable bonds is 3. The quantitative estimate of drug-likeness (QED) is 0.783. The van der Waals surface area contributed by atoms with Crippen LogP contribution in [0.5, 0.6) is 0 Å². The summed E-state index contributed by atoms with van der Waals surface area (Å²) in [4.78, 5) is 31.9. The summed E-state index contributed by atoms with van der Waals surface area (Å²) >= 11 is 0. The van der Waals surface area contributed by atoms with Gasteiger partial charge in [-0.15, -0.1) is 0 Å². The zero-order chi connectivity index (χ0) is 21.4. The molecule has 2 aliphatic rings. The number of benzene rings is 2. The lowest BCUT2D eigenvalue weighted by Gasteiger charge is -2.38. The molecule has 158 valence electrons. The highest BCUT2D eigenvalue weighted by atomic mass is 16.2. The second kappa shape index (κ2) is 8.13. The molecule has 0 aliphatic carbocycles. The Bertz CT molecular complexity index is 976. The van der Waals surface area contributed by atoms with E-state index in [1.165, 1.54) is 22.4 Å². The molecule has 2 aromatic carbocycles. The maximum Gasteiger partial charge on any atom is 0.228 e. The number of carbonyl (C=O) groups excluding carboxylic acids is 2. The fourth-order valence-corrected chi connectivity index (χ4v) is 4.72. The molecule has 2 fully saturated rings. The minimum absolute atomic E-state index is 0.0503. The zero-order valence-electron chi connectivity index (χ0n) is 18.4. The van der Waals surface area contributed by atoms with E-state index < -0.39 is 0 Å². The van der Waals surface area contributed by atoms with Gasteiger partial charge in [0.05, 0.1) is 5.92 Å². The van der Waals surface area contributed by atoms with E-state index in [4.69, 9.17) is 0 Å². The lowest BCUT2D eigenvalue weighted by Crippen LogP contribution is -2.51. The van der Waals surface area contributed by atoms with Crippen LogP contribution in [0.25, 0.3) is 0 Å². The van der Waals surface area contributed by atoms with E-state index in [0.717, 1.165) is 24.3 Å². The summed E-state index contributed by atoms with van der Waals surface area (Å²) in [6.07, 6.45) is 0.309. The molecule has 0 spiro atoms. The summed E-state index contributed by atoms with van der Waals surface area (Å²) in [5.41, 5.74) is 7.06. The van der Waals surface area contributed by atoms with Crippen molar-refractivity contribution in [1.29, 1.82) is 0 Å². The lowest BCUT2D eigenvalue weighted by atomic mass is 10.0. The lowest BCUT2D eigenvalue weighted by molar-refractivity contribution is -0.136. The SMILES string of the molecule is Cc1ccc(N2CC(C(=O)N3CCN(c4cccc(C)c4C)CC3)CC2=O)c(C)c1. The number of anilines is 2. The molecule has 30 heavy (non-hydrogen) atoms. The minimum atomic E-state index is -0.245. The first-order valence-corrected chi connectivity index (χ1v) is 10.8. The van der Waals surface area contributed by atoms with E-state index in [1.807, 2.05) is 30.9 Å². The van der Waals surface area contributed by atoms with Gasteiger partial charge in [-0.05, 0) is 56.5 Å². The molecule has 2 heterocycles. The molecule has 2 aliphatic heterocycles. The van der Waals surface area contributed by atoms with Crippen LogP contribution in [0, 0.1) is 33.6 Å². The fraction of sp³-hybridized carbons (Fsp3) is 0.440. The van der Waals surface area contributed by atoms with Crippen LogP contribution >= 0.6 is 0 Å². The largest absolute Gasteiger partial charge is 0.368 e. The molecule has 4 rings (SSSR count). The Morgan fingerprint density at radius 1 is 0.900 bits per heavy atom. The topological polar surface area (TPSA) is 43.9 Å². The number of amides is 2. The zero-order valence-corrected chi connectivity index (χ0v) is 18.4. The molecule has 0 saturated carbocycles. The van der Waals surface area contributed by atoms with Crippen molar-refractivity contribution < 1.29 is 9.59 Å². The number of hydrogen-bond donors (Lipinski definition) is 0. The summed E-state index contributed by atoms with van der Waals surface area (Å²) < 4.78 is 0. The third-order valence-corrected chi connectivity index (χ3v) is 6.63. The van der Waals surface area contributed by atoms with Crippen LogP contribution in [0.1, 0.15) is 28.7 Å². The average molecular weight is 406 g/mol. The number of hydrogen-bond acceptors (Lipinski definition) is 3. The molecule has 2 amide bonds. The minimum Gasteiger partial charge on any atom is -0.368 e. The summed E-state index contributed by atoms with van der Waals surface area (Å²) in [6.45, 7) is 11.9. The monoisotopic (exact) mass is 405 g/mol. The Morgan fingerprint density at radius 3 is 2.33 bits per heavy atom. The first-order valence-electron chi connectivity index (χ1n) is 10.8.